The number of piperazine rings is 1. The van der Waals surface area contributed by atoms with E-state index in [1.807, 2.05) is 0 Å². The summed E-state index contributed by atoms with van der Waals surface area (Å²) in [4.78, 5) is 35.7. The summed E-state index contributed by atoms with van der Waals surface area (Å²) < 4.78 is 69.3. The molecule has 1 aromatic carbocycles. The molecule has 1 saturated heterocycles. The number of alkyl halides is 6. The van der Waals surface area contributed by atoms with Crippen molar-refractivity contribution in [2.75, 3.05) is 26.2 Å². The van der Waals surface area contributed by atoms with Gasteiger partial charge in [0.15, 0.2) is 0 Å². The van der Waals surface area contributed by atoms with Crippen molar-refractivity contribution >= 4 is 29.0 Å². The number of aliphatic carboxylic acids is 1. The average molecular weight is 536 g/mol. The number of nitrogens with one attached hydrogen (secondary N) is 1. The number of carbonyl (C=O) groups excluding carboxylic acids is 3. The third kappa shape index (κ3) is 6.84. The molecule has 0 saturated carbocycles. The van der Waals surface area contributed by atoms with Gasteiger partial charge in [-0.25, -0.2) is 0 Å². The Hall–Kier alpha value is -2.93. The molecule has 6 nitrogen and oxygen atoms in total. The SMILES string of the molecule is O=C([O-])C(F)(F)F.O=C(c1ccc(C(=O)C(F)(F)F)s1)N1CC[NH+](C2CCc3ccccc3C2)CC1. The van der Waals surface area contributed by atoms with Crippen LogP contribution in [0.3, 0.4) is 0 Å². The number of nitrogens with zero attached hydrogens (tertiary/aromatic N) is 1. The van der Waals surface area contributed by atoms with Crippen LogP contribution in [0.15, 0.2) is 36.4 Å². The van der Waals surface area contributed by atoms with Gasteiger partial charge in [-0.1, -0.05) is 24.3 Å². The molecule has 0 spiro atoms. The normalized spacial score (nSPS) is 18.6. The fourth-order valence-electron chi connectivity index (χ4n) is 4.32. The first-order chi connectivity index (χ1) is 16.8. The summed E-state index contributed by atoms with van der Waals surface area (Å²) in [5, 5.41) is 8.78. The number of Topliss-reactive ketones (excluding diaryl/α,β-unsaturated/α-hetero) is 1. The summed E-state index contributed by atoms with van der Waals surface area (Å²) in [5.41, 5.74) is 2.84. The first-order valence-electron chi connectivity index (χ1n) is 11.0. The summed E-state index contributed by atoms with van der Waals surface area (Å²) in [6.45, 7) is 2.82. The van der Waals surface area contributed by atoms with Crippen molar-refractivity contribution in [3.05, 3.63) is 57.3 Å². The second kappa shape index (κ2) is 11.0. The van der Waals surface area contributed by atoms with Crippen molar-refractivity contribution in [3.8, 4) is 0 Å². The van der Waals surface area contributed by atoms with Gasteiger partial charge in [0, 0.05) is 12.8 Å². The number of carbonyl (C=O) groups is 3. The van der Waals surface area contributed by atoms with E-state index in [2.05, 4.69) is 24.3 Å². The van der Waals surface area contributed by atoms with Crippen molar-refractivity contribution in [2.24, 2.45) is 0 Å². The van der Waals surface area contributed by atoms with Crippen LogP contribution in [0.2, 0.25) is 0 Å². The third-order valence-corrected chi connectivity index (χ3v) is 7.22. The molecule has 4 rings (SSSR count). The van der Waals surface area contributed by atoms with Crippen LogP contribution in [-0.4, -0.2) is 67.1 Å². The number of aryl methyl sites for hydroxylation is 1. The largest absolute Gasteiger partial charge is 0.542 e. The molecule has 1 amide bonds. The van der Waals surface area contributed by atoms with E-state index >= 15 is 0 Å². The molecule has 0 bridgehead atoms. The van der Waals surface area contributed by atoms with Gasteiger partial charge < -0.3 is 19.7 Å². The minimum atomic E-state index is -5.19. The summed E-state index contributed by atoms with van der Waals surface area (Å²) in [6.07, 6.45) is -6.85. The maximum absolute atomic E-state index is 12.7. The molecule has 2 heterocycles. The minimum absolute atomic E-state index is 0.188. The van der Waals surface area contributed by atoms with E-state index in [0.717, 1.165) is 38.4 Å². The molecule has 1 aliphatic heterocycles. The van der Waals surface area contributed by atoms with Gasteiger partial charge in [0.05, 0.1) is 42.0 Å². The summed E-state index contributed by atoms with van der Waals surface area (Å²) >= 11 is 0.623. The molecule has 1 unspecified atom stereocenters. The number of ketones is 1. The lowest BCUT2D eigenvalue weighted by Crippen LogP contribution is -3.18. The highest BCUT2D eigenvalue weighted by molar-refractivity contribution is 7.16. The van der Waals surface area contributed by atoms with Crippen molar-refractivity contribution in [3.63, 3.8) is 0 Å². The zero-order chi connectivity index (χ0) is 26.7. The topological polar surface area (TPSA) is 81.9 Å². The van der Waals surface area contributed by atoms with Crippen LogP contribution in [0.1, 0.15) is 36.9 Å². The van der Waals surface area contributed by atoms with Crippen LogP contribution in [0.4, 0.5) is 26.3 Å². The molecule has 1 N–H and O–H groups in total. The number of carboxylic acids is 1. The van der Waals surface area contributed by atoms with Crippen molar-refractivity contribution in [1.29, 1.82) is 0 Å². The summed E-state index contributed by atoms with van der Waals surface area (Å²) in [7, 11) is 0. The Bertz CT molecular complexity index is 1110. The molecular formula is C23H22F6N2O4S. The fourth-order valence-corrected chi connectivity index (χ4v) is 5.26. The van der Waals surface area contributed by atoms with Gasteiger partial charge >= 0.3 is 12.4 Å². The Morgan fingerprint density at radius 3 is 2.00 bits per heavy atom. The number of hydrogen-bond donors (Lipinski definition) is 1. The highest BCUT2D eigenvalue weighted by Crippen LogP contribution is 2.27. The zero-order valence-electron chi connectivity index (χ0n) is 18.7. The number of carboxylic acid groups (broad SMARTS) is 1. The smallest absolute Gasteiger partial charge is 0.455 e. The number of quaternary nitrogens is 1. The second-order valence-electron chi connectivity index (χ2n) is 8.43. The number of halogens is 6. The molecule has 1 atom stereocenters. The molecule has 2 aromatic rings. The van der Waals surface area contributed by atoms with E-state index in [-0.39, 0.29) is 10.8 Å². The maximum Gasteiger partial charge on any atom is 0.455 e. The molecule has 36 heavy (non-hydrogen) atoms. The van der Waals surface area contributed by atoms with E-state index in [0.29, 0.717) is 30.5 Å². The molecule has 1 aromatic heterocycles. The van der Waals surface area contributed by atoms with Gasteiger partial charge in [-0.05, 0) is 29.7 Å². The van der Waals surface area contributed by atoms with E-state index in [1.165, 1.54) is 22.1 Å². The first kappa shape index (κ1) is 27.7. The van der Waals surface area contributed by atoms with Gasteiger partial charge in [0.2, 0.25) is 0 Å². The average Bonchev–Trinajstić information content (AvgIpc) is 3.32. The quantitative estimate of drug-likeness (QED) is 0.479. The fraction of sp³-hybridized carbons (Fsp3) is 0.435. The Kier molecular flexibility index (Phi) is 8.44. The number of thiophene rings is 1. The number of hydrogen-bond acceptors (Lipinski definition) is 5. The van der Waals surface area contributed by atoms with Crippen LogP contribution in [0.25, 0.3) is 0 Å². The van der Waals surface area contributed by atoms with Crippen molar-refractivity contribution < 1.29 is 50.7 Å². The van der Waals surface area contributed by atoms with Crippen LogP contribution in [-0.2, 0) is 17.6 Å². The number of rotatable bonds is 3. The van der Waals surface area contributed by atoms with E-state index in [4.69, 9.17) is 9.90 Å². The molecule has 196 valence electrons. The molecule has 1 aliphatic carbocycles. The van der Waals surface area contributed by atoms with Gasteiger partial charge in [0.25, 0.3) is 11.7 Å². The first-order valence-corrected chi connectivity index (χ1v) is 11.8. The standard InChI is InChI=1S/C21H21F3N2O2S.C2HF3O2/c22-21(23,24)19(27)17-7-8-18(29-17)20(28)26-11-9-25(10-12-26)16-6-5-14-3-1-2-4-15(14)13-16;3-2(4,5)1(6)7/h1-4,7-8,16H,5-6,9-13H2;(H,6,7). The number of benzene rings is 1. The monoisotopic (exact) mass is 536 g/mol. The van der Waals surface area contributed by atoms with Crippen LogP contribution >= 0.6 is 11.3 Å². The lowest BCUT2D eigenvalue weighted by atomic mass is 9.87. The number of fused-ring (bicyclic) bond motifs is 1. The summed E-state index contributed by atoms with van der Waals surface area (Å²) in [5.74, 6) is -5.19. The van der Waals surface area contributed by atoms with E-state index in [1.54, 1.807) is 4.90 Å². The van der Waals surface area contributed by atoms with E-state index < -0.39 is 29.0 Å². The predicted octanol–water partition coefficient (Wildman–Crippen LogP) is 1.69. The third-order valence-electron chi connectivity index (χ3n) is 6.15. The highest BCUT2D eigenvalue weighted by Gasteiger charge is 2.40. The Balaban J connectivity index is 0.000000454. The Labute approximate surface area is 206 Å². The molecule has 13 heteroatoms. The predicted molar refractivity (Wildman–Crippen MR) is 115 cm³/mol. The van der Waals surface area contributed by atoms with Gasteiger partial charge in [-0.15, -0.1) is 11.3 Å². The Morgan fingerprint density at radius 2 is 1.44 bits per heavy atom. The van der Waals surface area contributed by atoms with Crippen molar-refractivity contribution in [2.45, 2.75) is 37.7 Å². The highest BCUT2D eigenvalue weighted by atomic mass is 32.1. The minimum Gasteiger partial charge on any atom is -0.542 e. The van der Waals surface area contributed by atoms with Crippen molar-refractivity contribution in [1.82, 2.24) is 4.90 Å². The summed E-state index contributed by atoms with van der Waals surface area (Å²) in [6, 6.07) is 11.5. The maximum atomic E-state index is 12.7. The van der Waals surface area contributed by atoms with Crippen LogP contribution < -0.4 is 10.0 Å². The van der Waals surface area contributed by atoms with Crippen LogP contribution in [0.5, 0.6) is 0 Å². The van der Waals surface area contributed by atoms with Crippen LogP contribution in [0, 0.1) is 0 Å². The van der Waals surface area contributed by atoms with Gasteiger partial charge in [-0.3, -0.25) is 9.59 Å². The molecule has 1 fully saturated rings. The zero-order valence-corrected chi connectivity index (χ0v) is 19.6. The van der Waals surface area contributed by atoms with E-state index in [9.17, 15) is 35.9 Å². The lowest BCUT2D eigenvalue weighted by molar-refractivity contribution is -0.929. The molecule has 0 radical (unpaired) electrons. The molecule has 2 aliphatic rings. The Morgan fingerprint density at radius 1 is 0.889 bits per heavy atom. The second-order valence-corrected chi connectivity index (χ2v) is 9.52. The molecular weight excluding hydrogens is 514 g/mol. The lowest BCUT2D eigenvalue weighted by Gasteiger charge is -2.38. The number of amides is 1. The van der Waals surface area contributed by atoms with Gasteiger partial charge in [0.1, 0.15) is 5.97 Å². The van der Waals surface area contributed by atoms with Gasteiger partial charge in [-0.2, -0.15) is 26.3 Å².